The van der Waals surface area contributed by atoms with Crippen LogP contribution in [0.25, 0.3) is 0 Å². The number of amides is 1. The molecule has 6 nitrogen and oxygen atoms in total. The smallest absolute Gasteiger partial charge is 0.269 e. The number of carbonyl (C=O) groups excluding carboxylic acids is 1. The standard InChI is InChI=1S/C13H16N2O4/c16-12-3-1-2-11(12)13(17)14-8-9-4-6-10(7-5-9)15(18)19/h4-7,11-12,16H,1-3,8H2,(H,14,17). The molecule has 0 saturated heterocycles. The Kier molecular flexibility index (Phi) is 4.11. The first-order valence-electron chi connectivity index (χ1n) is 6.27. The highest BCUT2D eigenvalue weighted by atomic mass is 16.6. The molecule has 2 N–H and O–H groups in total. The van der Waals surface area contributed by atoms with Gasteiger partial charge < -0.3 is 10.4 Å². The number of carbonyl (C=O) groups is 1. The topological polar surface area (TPSA) is 92.5 Å². The molecular formula is C13H16N2O4. The Hall–Kier alpha value is -1.95. The fourth-order valence-electron chi connectivity index (χ4n) is 2.30. The van der Waals surface area contributed by atoms with Crippen LogP contribution >= 0.6 is 0 Å². The van der Waals surface area contributed by atoms with Crippen LogP contribution in [0.4, 0.5) is 5.69 Å². The SMILES string of the molecule is O=C(NCc1ccc([N+](=O)[O-])cc1)C1CCCC1O. The molecule has 1 fully saturated rings. The third-order valence-electron chi connectivity index (χ3n) is 3.43. The Bertz CT molecular complexity index is 472. The molecule has 2 rings (SSSR count). The summed E-state index contributed by atoms with van der Waals surface area (Å²) in [6, 6.07) is 6.05. The number of hydrogen-bond donors (Lipinski definition) is 2. The van der Waals surface area contributed by atoms with E-state index in [0.717, 1.165) is 12.0 Å². The minimum absolute atomic E-state index is 0.0290. The number of nitrogens with zero attached hydrogens (tertiary/aromatic N) is 1. The quantitative estimate of drug-likeness (QED) is 0.634. The van der Waals surface area contributed by atoms with Crippen LogP contribution in [0.2, 0.25) is 0 Å². The van der Waals surface area contributed by atoms with Gasteiger partial charge in [0, 0.05) is 18.7 Å². The number of rotatable bonds is 4. The molecule has 1 aliphatic carbocycles. The summed E-state index contributed by atoms with van der Waals surface area (Å²) in [6.45, 7) is 0.319. The van der Waals surface area contributed by atoms with Crippen molar-refractivity contribution in [3.05, 3.63) is 39.9 Å². The van der Waals surface area contributed by atoms with Gasteiger partial charge in [0.15, 0.2) is 0 Å². The lowest BCUT2D eigenvalue weighted by Crippen LogP contribution is -2.34. The fraction of sp³-hybridized carbons (Fsp3) is 0.462. The van der Waals surface area contributed by atoms with E-state index < -0.39 is 11.0 Å². The van der Waals surface area contributed by atoms with Gasteiger partial charge in [0.25, 0.3) is 5.69 Å². The first-order chi connectivity index (χ1) is 9.08. The van der Waals surface area contributed by atoms with E-state index in [4.69, 9.17) is 0 Å². The molecule has 1 aromatic carbocycles. The first kappa shape index (κ1) is 13.5. The molecule has 0 aliphatic heterocycles. The van der Waals surface area contributed by atoms with Crippen LogP contribution in [0.15, 0.2) is 24.3 Å². The molecule has 0 radical (unpaired) electrons. The second-order valence-corrected chi connectivity index (χ2v) is 4.75. The predicted molar refractivity (Wildman–Crippen MR) is 68.3 cm³/mol. The summed E-state index contributed by atoms with van der Waals surface area (Å²) in [5.41, 5.74) is 0.827. The van der Waals surface area contributed by atoms with Crippen molar-refractivity contribution in [2.45, 2.75) is 31.9 Å². The van der Waals surface area contributed by atoms with Crippen molar-refractivity contribution in [3.63, 3.8) is 0 Å². The minimum atomic E-state index is -0.545. The molecule has 0 heterocycles. The molecule has 0 bridgehead atoms. The van der Waals surface area contributed by atoms with Crippen LogP contribution in [0.5, 0.6) is 0 Å². The Morgan fingerprint density at radius 1 is 1.37 bits per heavy atom. The summed E-state index contributed by atoms with van der Waals surface area (Å²) >= 11 is 0. The number of nitro groups is 1. The predicted octanol–water partition coefficient (Wildman–Crippen LogP) is 1.37. The summed E-state index contributed by atoms with van der Waals surface area (Å²) in [5.74, 6) is -0.471. The largest absolute Gasteiger partial charge is 0.392 e. The second-order valence-electron chi connectivity index (χ2n) is 4.75. The number of aliphatic hydroxyl groups excluding tert-OH is 1. The van der Waals surface area contributed by atoms with Crippen LogP contribution in [0.1, 0.15) is 24.8 Å². The van der Waals surface area contributed by atoms with Gasteiger partial charge in [-0.25, -0.2) is 0 Å². The highest BCUT2D eigenvalue weighted by Gasteiger charge is 2.31. The monoisotopic (exact) mass is 264 g/mol. The zero-order valence-corrected chi connectivity index (χ0v) is 10.4. The van der Waals surface area contributed by atoms with E-state index in [9.17, 15) is 20.0 Å². The number of aliphatic hydroxyl groups is 1. The van der Waals surface area contributed by atoms with Crippen molar-refractivity contribution in [2.24, 2.45) is 5.92 Å². The molecule has 1 amide bonds. The summed E-state index contributed by atoms with van der Waals surface area (Å²) in [6.07, 6.45) is 1.72. The van der Waals surface area contributed by atoms with Gasteiger partial charge in [-0.2, -0.15) is 0 Å². The van der Waals surface area contributed by atoms with Gasteiger partial charge in [-0.05, 0) is 24.8 Å². The highest BCUT2D eigenvalue weighted by molar-refractivity contribution is 5.79. The van der Waals surface area contributed by atoms with Crippen molar-refractivity contribution in [1.82, 2.24) is 5.32 Å². The average Bonchev–Trinajstić information content (AvgIpc) is 2.83. The number of hydrogen-bond acceptors (Lipinski definition) is 4. The Balaban J connectivity index is 1.88. The maximum atomic E-state index is 11.8. The van der Waals surface area contributed by atoms with Crippen molar-refractivity contribution in [1.29, 1.82) is 0 Å². The molecule has 6 heteroatoms. The van der Waals surface area contributed by atoms with Crippen molar-refractivity contribution in [3.8, 4) is 0 Å². The normalized spacial score (nSPS) is 22.2. The van der Waals surface area contributed by atoms with Gasteiger partial charge in [0.2, 0.25) is 5.91 Å². The molecule has 2 atom stereocenters. The maximum absolute atomic E-state index is 11.8. The number of nitrogens with one attached hydrogen (secondary N) is 1. The van der Waals surface area contributed by atoms with E-state index in [1.165, 1.54) is 12.1 Å². The summed E-state index contributed by atoms with van der Waals surface area (Å²) in [7, 11) is 0. The van der Waals surface area contributed by atoms with Gasteiger partial charge >= 0.3 is 0 Å². The van der Waals surface area contributed by atoms with Crippen LogP contribution in [-0.2, 0) is 11.3 Å². The van der Waals surface area contributed by atoms with E-state index >= 15 is 0 Å². The van der Waals surface area contributed by atoms with Gasteiger partial charge in [-0.3, -0.25) is 14.9 Å². The molecule has 102 valence electrons. The van der Waals surface area contributed by atoms with E-state index in [2.05, 4.69) is 5.32 Å². The molecular weight excluding hydrogens is 248 g/mol. The van der Waals surface area contributed by atoms with Crippen LogP contribution < -0.4 is 5.32 Å². The molecule has 19 heavy (non-hydrogen) atoms. The Morgan fingerprint density at radius 2 is 2.05 bits per heavy atom. The number of non-ortho nitro benzene ring substituents is 1. The van der Waals surface area contributed by atoms with E-state index in [1.807, 2.05) is 0 Å². The fourth-order valence-corrected chi connectivity index (χ4v) is 2.30. The number of nitro benzene ring substituents is 1. The molecule has 0 aromatic heterocycles. The third kappa shape index (κ3) is 3.29. The van der Waals surface area contributed by atoms with Crippen molar-refractivity contribution < 1.29 is 14.8 Å². The lowest BCUT2D eigenvalue weighted by Gasteiger charge is -2.14. The van der Waals surface area contributed by atoms with Gasteiger partial charge in [0.1, 0.15) is 0 Å². The number of benzene rings is 1. The first-order valence-corrected chi connectivity index (χ1v) is 6.27. The lowest BCUT2D eigenvalue weighted by atomic mass is 10.1. The minimum Gasteiger partial charge on any atom is -0.392 e. The lowest BCUT2D eigenvalue weighted by molar-refractivity contribution is -0.384. The van der Waals surface area contributed by atoms with Crippen LogP contribution in [0.3, 0.4) is 0 Å². The molecule has 1 aromatic rings. The van der Waals surface area contributed by atoms with Gasteiger partial charge in [-0.1, -0.05) is 12.1 Å². The zero-order valence-electron chi connectivity index (χ0n) is 10.4. The highest BCUT2D eigenvalue weighted by Crippen LogP contribution is 2.25. The third-order valence-corrected chi connectivity index (χ3v) is 3.43. The summed E-state index contributed by atoms with van der Waals surface area (Å²) in [4.78, 5) is 21.9. The Labute approximate surface area is 110 Å². The van der Waals surface area contributed by atoms with E-state index in [-0.39, 0.29) is 17.5 Å². The van der Waals surface area contributed by atoms with Crippen molar-refractivity contribution >= 4 is 11.6 Å². The van der Waals surface area contributed by atoms with Crippen LogP contribution in [-0.4, -0.2) is 22.0 Å². The summed E-state index contributed by atoms with van der Waals surface area (Å²) < 4.78 is 0. The Morgan fingerprint density at radius 3 is 2.58 bits per heavy atom. The molecule has 0 spiro atoms. The van der Waals surface area contributed by atoms with E-state index in [1.54, 1.807) is 12.1 Å². The van der Waals surface area contributed by atoms with E-state index in [0.29, 0.717) is 19.4 Å². The average molecular weight is 264 g/mol. The molecule has 1 saturated carbocycles. The molecule has 2 unspecified atom stereocenters. The van der Waals surface area contributed by atoms with Gasteiger partial charge in [0.05, 0.1) is 16.9 Å². The molecule has 1 aliphatic rings. The van der Waals surface area contributed by atoms with Crippen LogP contribution in [0, 0.1) is 16.0 Å². The van der Waals surface area contributed by atoms with Gasteiger partial charge in [-0.15, -0.1) is 0 Å². The maximum Gasteiger partial charge on any atom is 0.269 e. The zero-order chi connectivity index (χ0) is 13.8. The van der Waals surface area contributed by atoms with Crippen molar-refractivity contribution in [2.75, 3.05) is 0 Å². The summed E-state index contributed by atoms with van der Waals surface area (Å²) in [5, 5.41) is 22.9. The second kappa shape index (κ2) is 5.79.